The quantitative estimate of drug-likeness (QED) is 0.332. The van der Waals surface area contributed by atoms with Gasteiger partial charge in [-0.25, -0.2) is 4.39 Å². The molecule has 0 radical (unpaired) electrons. The molecule has 6 nitrogen and oxygen atoms in total. The molecule has 1 atom stereocenters. The number of nitrogens with one attached hydrogen (secondary N) is 2. The zero-order valence-corrected chi connectivity index (χ0v) is 21.5. The molecule has 3 rings (SSSR count). The molecule has 172 valence electrons. The third-order valence-corrected chi connectivity index (χ3v) is 6.28. The SMILES string of the molecule is CN=C(NCC1(c2ccc(F)cc2)CCOCC1)NC(C)Cc1c(C)nn(C)c1C.I. The molecular weight excluding hydrogens is 508 g/mol. The van der Waals surface area contributed by atoms with E-state index in [2.05, 4.69) is 41.5 Å². The highest BCUT2D eigenvalue weighted by atomic mass is 127. The molecule has 31 heavy (non-hydrogen) atoms. The summed E-state index contributed by atoms with van der Waals surface area (Å²) in [6, 6.07) is 7.08. The van der Waals surface area contributed by atoms with Crippen LogP contribution in [0.3, 0.4) is 0 Å². The highest BCUT2D eigenvalue weighted by Gasteiger charge is 2.34. The van der Waals surface area contributed by atoms with Crippen LogP contribution in [0.25, 0.3) is 0 Å². The van der Waals surface area contributed by atoms with Crippen LogP contribution in [-0.2, 0) is 23.6 Å². The third-order valence-electron chi connectivity index (χ3n) is 6.28. The number of aryl methyl sites for hydroxylation is 2. The molecule has 1 aliphatic heterocycles. The van der Waals surface area contributed by atoms with Gasteiger partial charge in [-0.1, -0.05) is 12.1 Å². The average Bonchev–Trinajstić information content (AvgIpc) is 2.98. The standard InChI is InChI=1S/C23H34FN5O.HI/c1-16(14-21-17(2)28-29(5)18(21)3)27-22(25-4)26-15-23(10-12-30-13-11-23)19-6-8-20(24)9-7-19;/h6-9,16H,10-15H2,1-5H3,(H2,25,26,27);1H. The van der Waals surface area contributed by atoms with Crippen LogP contribution in [0.15, 0.2) is 29.3 Å². The highest BCUT2D eigenvalue weighted by Crippen LogP contribution is 2.34. The zero-order chi connectivity index (χ0) is 21.7. The van der Waals surface area contributed by atoms with Gasteiger partial charge in [0.05, 0.1) is 5.69 Å². The van der Waals surface area contributed by atoms with E-state index in [1.54, 1.807) is 19.2 Å². The van der Waals surface area contributed by atoms with E-state index in [4.69, 9.17) is 4.74 Å². The molecule has 0 amide bonds. The Balaban J connectivity index is 0.00000341. The summed E-state index contributed by atoms with van der Waals surface area (Å²) in [5.74, 6) is 0.566. The van der Waals surface area contributed by atoms with Gasteiger partial charge in [0, 0.05) is 51.0 Å². The van der Waals surface area contributed by atoms with Gasteiger partial charge in [0.25, 0.3) is 0 Å². The Morgan fingerprint density at radius 2 is 1.90 bits per heavy atom. The minimum absolute atomic E-state index is 0. The van der Waals surface area contributed by atoms with Gasteiger partial charge < -0.3 is 15.4 Å². The fourth-order valence-corrected chi connectivity index (χ4v) is 4.28. The summed E-state index contributed by atoms with van der Waals surface area (Å²) in [7, 11) is 3.77. The van der Waals surface area contributed by atoms with Gasteiger partial charge in [-0.2, -0.15) is 5.10 Å². The molecule has 8 heteroatoms. The van der Waals surface area contributed by atoms with E-state index in [9.17, 15) is 4.39 Å². The zero-order valence-electron chi connectivity index (χ0n) is 19.2. The van der Waals surface area contributed by atoms with Gasteiger partial charge in [0.15, 0.2) is 5.96 Å². The van der Waals surface area contributed by atoms with Crippen LogP contribution >= 0.6 is 24.0 Å². The number of rotatable bonds is 6. The second kappa shape index (κ2) is 11.3. The number of benzene rings is 1. The Hall–Kier alpha value is -1.68. The number of guanidine groups is 1. The van der Waals surface area contributed by atoms with Crippen LogP contribution in [-0.4, -0.2) is 48.6 Å². The molecule has 1 aromatic carbocycles. The Morgan fingerprint density at radius 1 is 1.26 bits per heavy atom. The van der Waals surface area contributed by atoms with Crippen LogP contribution in [0.4, 0.5) is 4.39 Å². The Kier molecular flexibility index (Phi) is 9.29. The van der Waals surface area contributed by atoms with Crippen molar-refractivity contribution in [1.82, 2.24) is 20.4 Å². The van der Waals surface area contributed by atoms with Crippen LogP contribution in [0.1, 0.15) is 42.3 Å². The minimum Gasteiger partial charge on any atom is -0.381 e. The summed E-state index contributed by atoms with van der Waals surface area (Å²) < 4.78 is 21.0. The highest BCUT2D eigenvalue weighted by molar-refractivity contribution is 14.0. The second-order valence-electron chi connectivity index (χ2n) is 8.35. The van der Waals surface area contributed by atoms with Crippen LogP contribution < -0.4 is 10.6 Å². The number of hydrogen-bond acceptors (Lipinski definition) is 3. The summed E-state index contributed by atoms with van der Waals surface area (Å²) >= 11 is 0. The molecule has 1 fully saturated rings. The molecule has 1 aliphatic rings. The molecule has 2 heterocycles. The van der Waals surface area contributed by atoms with Crippen molar-refractivity contribution in [2.75, 3.05) is 26.8 Å². The number of hydrogen-bond donors (Lipinski definition) is 2. The first-order chi connectivity index (χ1) is 14.3. The minimum atomic E-state index is -0.207. The van der Waals surface area contributed by atoms with Crippen LogP contribution in [0.2, 0.25) is 0 Å². The normalized spacial score (nSPS) is 17.0. The summed E-state index contributed by atoms with van der Waals surface area (Å²) in [6.45, 7) is 8.46. The molecule has 2 N–H and O–H groups in total. The van der Waals surface area contributed by atoms with Crippen LogP contribution in [0.5, 0.6) is 0 Å². The third kappa shape index (κ3) is 6.19. The summed E-state index contributed by atoms with van der Waals surface area (Å²) in [5.41, 5.74) is 4.60. The number of aliphatic imine (C=N–C) groups is 1. The first-order valence-electron chi connectivity index (χ1n) is 10.6. The maximum Gasteiger partial charge on any atom is 0.191 e. The maximum atomic E-state index is 13.5. The maximum absolute atomic E-state index is 13.5. The lowest BCUT2D eigenvalue weighted by molar-refractivity contribution is 0.0513. The lowest BCUT2D eigenvalue weighted by atomic mass is 9.74. The predicted octanol–water partition coefficient (Wildman–Crippen LogP) is 3.64. The largest absolute Gasteiger partial charge is 0.381 e. The lowest BCUT2D eigenvalue weighted by Crippen LogP contribution is -2.50. The summed E-state index contributed by atoms with van der Waals surface area (Å²) in [6.07, 6.45) is 2.67. The fourth-order valence-electron chi connectivity index (χ4n) is 4.28. The van der Waals surface area contributed by atoms with Gasteiger partial charge >= 0.3 is 0 Å². The summed E-state index contributed by atoms with van der Waals surface area (Å²) in [4.78, 5) is 4.43. The molecule has 0 spiro atoms. The smallest absolute Gasteiger partial charge is 0.191 e. The van der Waals surface area contributed by atoms with Gasteiger partial charge in [-0.05, 0) is 63.3 Å². The van der Waals surface area contributed by atoms with Crippen molar-refractivity contribution in [3.63, 3.8) is 0 Å². The summed E-state index contributed by atoms with van der Waals surface area (Å²) in [5, 5.41) is 11.5. The molecule has 1 saturated heterocycles. The van der Waals surface area contributed by atoms with E-state index in [1.165, 1.54) is 11.3 Å². The van der Waals surface area contributed by atoms with E-state index in [0.717, 1.165) is 43.0 Å². The first kappa shape index (κ1) is 25.6. The Morgan fingerprint density at radius 3 is 2.45 bits per heavy atom. The van der Waals surface area contributed by atoms with Crippen molar-refractivity contribution >= 4 is 29.9 Å². The van der Waals surface area contributed by atoms with Crippen molar-refractivity contribution in [1.29, 1.82) is 0 Å². The number of halogens is 2. The molecule has 0 bridgehead atoms. The average molecular weight is 543 g/mol. The van der Waals surface area contributed by atoms with E-state index in [1.807, 2.05) is 23.9 Å². The molecule has 0 saturated carbocycles. The van der Waals surface area contributed by atoms with Gasteiger partial charge in [0.1, 0.15) is 5.82 Å². The van der Waals surface area contributed by atoms with E-state index >= 15 is 0 Å². The van der Waals surface area contributed by atoms with Crippen molar-refractivity contribution in [2.45, 2.75) is 51.5 Å². The Bertz CT molecular complexity index is 875. The van der Waals surface area contributed by atoms with Crippen molar-refractivity contribution < 1.29 is 9.13 Å². The number of nitrogens with zero attached hydrogens (tertiary/aromatic N) is 3. The fraction of sp³-hybridized carbons (Fsp3) is 0.565. The number of aromatic nitrogens is 2. The molecular formula is C23H35FIN5O. The van der Waals surface area contributed by atoms with Crippen molar-refractivity contribution in [3.05, 3.63) is 52.6 Å². The lowest BCUT2D eigenvalue weighted by Gasteiger charge is -2.38. The van der Waals surface area contributed by atoms with E-state index in [-0.39, 0.29) is 41.3 Å². The predicted molar refractivity (Wildman–Crippen MR) is 134 cm³/mol. The Labute approximate surface area is 202 Å². The first-order valence-corrected chi connectivity index (χ1v) is 10.6. The molecule has 0 aliphatic carbocycles. The molecule has 1 aromatic heterocycles. The topological polar surface area (TPSA) is 63.5 Å². The van der Waals surface area contributed by atoms with E-state index in [0.29, 0.717) is 13.2 Å². The van der Waals surface area contributed by atoms with Crippen molar-refractivity contribution in [3.8, 4) is 0 Å². The molecule has 1 unspecified atom stereocenters. The number of ether oxygens (including phenoxy) is 1. The second-order valence-corrected chi connectivity index (χ2v) is 8.35. The van der Waals surface area contributed by atoms with Crippen molar-refractivity contribution in [2.24, 2.45) is 12.0 Å². The monoisotopic (exact) mass is 543 g/mol. The van der Waals surface area contributed by atoms with Gasteiger partial charge in [-0.15, -0.1) is 24.0 Å². The van der Waals surface area contributed by atoms with Crippen LogP contribution in [0, 0.1) is 19.7 Å². The van der Waals surface area contributed by atoms with Gasteiger partial charge in [-0.3, -0.25) is 9.67 Å². The molecule has 2 aromatic rings. The van der Waals surface area contributed by atoms with Gasteiger partial charge in [0.2, 0.25) is 0 Å². The van der Waals surface area contributed by atoms with E-state index < -0.39 is 0 Å².